The number of phenols is 2. The number of benzene rings is 2. The molecule has 2 aromatic carbocycles. The van der Waals surface area contributed by atoms with Crippen molar-refractivity contribution in [1.82, 2.24) is 0 Å². The molecule has 0 unspecified atom stereocenters. The summed E-state index contributed by atoms with van der Waals surface area (Å²) in [6.07, 6.45) is 60.3. The monoisotopic (exact) mass is 883 g/mol. The number of unbranched alkanes of at least 4 members (excludes halogenated alkanes) is 34. The van der Waals surface area contributed by atoms with Crippen LogP contribution >= 0.6 is 0 Å². The Morgan fingerprint density at radius 3 is 0.875 bits per heavy atom. The van der Waals surface area contributed by atoms with Crippen molar-refractivity contribution in [2.24, 2.45) is 9.98 Å². The number of hydrogen-bond acceptors (Lipinski definition) is 4. The summed E-state index contributed by atoms with van der Waals surface area (Å²) < 4.78 is 0. The van der Waals surface area contributed by atoms with Crippen molar-refractivity contribution < 1.29 is 10.2 Å². The molecule has 4 heteroatoms. The zero-order valence-electron chi connectivity index (χ0n) is 42.3. The largest absolute Gasteiger partial charge is 0.507 e. The highest BCUT2D eigenvalue weighted by Crippen LogP contribution is 2.27. The Kier molecular flexibility index (Phi) is 34.4. The molecule has 0 amide bonds. The molecule has 1 aliphatic rings. The van der Waals surface area contributed by atoms with E-state index in [0.29, 0.717) is 11.5 Å². The van der Waals surface area contributed by atoms with E-state index in [1.54, 1.807) is 0 Å². The van der Waals surface area contributed by atoms with Gasteiger partial charge in [0.15, 0.2) is 0 Å². The van der Waals surface area contributed by atoms with Crippen LogP contribution in [0.1, 0.15) is 293 Å². The molecule has 0 spiro atoms. The number of hydrogen-bond donors (Lipinski definition) is 2. The van der Waals surface area contributed by atoms with Gasteiger partial charge in [-0.25, -0.2) is 0 Å². The smallest absolute Gasteiger partial charge is 0.124 e. The topological polar surface area (TPSA) is 65.2 Å². The van der Waals surface area contributed by atoms with Gasteiger partial charge in [0.1, 0.15) is 11.5 Å². The fourth-order valence-corrected chi connectivity index (χ4v) is 9.96. The molecule has 4 nitrogen and oxygen atoms in total. The Morgan fingerprint density at radius 1 is 0.375 bits per heavy atom. The Labute approximate surface area is 396 Å². The molecule has 2 atom stereocenters. The summed E-state index contributed by atoms with van der Waals surface area (Å²) in [6.45, 7) is 4.59. The summed E-state index contributed by atoms with van der Waals surface area (Å²) in [6, 6.07) is 12.5. The summed E-state index contributed by atoms with van der Waals surface area (Å²) in [4.78, 5) is 9.92. The fourth-order valence-electron chi connectivity index (χ4n) is 9.96. The van der Waals surface area contributed by atoms with Crippen LogP contribution in [0.5, 0.6) is 11.5 Å². The lowest BCUT2D eigenvalue weighted by molar-refractivity contribution is 0.390. The molecule has 0 aliphatic heterocycles. The Morgan fingerprint density at radius 2 is 0.625 bits per heavy atom. The third-order valence-electron chi connectivity index (χ3n) is 14.3. The van der Waals surface area contributed by atoms with Crippen LogP contribution in [0.3, 0.4) is 0 Å². The van der Waals surface area contributed by atoms with E-state index in [-0.39, 0.29) is 12.1 Å². The standard InChI is InChI=1S/C60H102N2O2/c1-3-5-7-9-11-13-15-17-19-21-23-25-27-29-31-33-35-37-41-53-45-47-55(59(63)49-53)51-61-57-43-39-40-44-58(57)62-52-56-48-46-54(50-60(56)64)42-38-36-34-32-30-28-26-24-22-20-18-16-14-12-10-8-6-4-2/h45-52,57-58,63-64H,3-44H2,1-2H3/t57-,58-/m0/s1. The van der Waals surface area contributed by atoms with Crippen molar-refractivity contribution in [3.8, 4) is 11.5 Å². The minimum atomic E-state index is 0.0924. The molecule has 2 N–H and O–H groups in total. The quantitative estimate of drug-likeness (QED) is 0.0515. The zero-order valence-corrected chi connectivity index (χ0v) is 42.3. The van der Waals surface area contributed by atoms with Gasteiger partial charge in [0.05, 0.1) is 12.1 Å². The van der Waals surface area contributed by atoms with E-state index in [0.717, 1.165) is 49.7 Å². The molecule has 0 radical (unpaired) electrons. The molecule has 2 aromatic rings. The average Bonchev–Trinajstić information content (AvgIpc) is 3.30. The first kappa shape index (κ1) is 55.7. The van der Waals surface area contributed by atoms with Crippen molar-refractivity contribution >= 4 is 12.4 Å². The minimum absolute atomic E-state index is 0.0924. The van der Waals surface area contributed by atoms with Crippen molar-refractivity contribution in [3.63, 3.8) is 0 Å². The second kappa shape index (κ2) is 39.5. The van der Waals surface area contributed by atoms with Crippen LogP contribution in [0, 0.1) is 0 Å². The highest BCUT2D eigenvalue weighted by molar-refractivity contribution is 5.84. The molecule has 1 fully saturated rings. The molecule has 3 rings (SSSR count). The number of aliphatic imine (C=N–C) groups is 2. The van der Waals surface area contributed by atoms with Crippen LogP contribution in [0.2, 0.25) is 0 Å². The molecule has 0 saturated heterocycles. The van der Waals surface area contributed by atoms with Gasteiger partial charge < -0.3 is 10.2 Å². The van der Waals surface area contributed by atoms with Crippen LogP contribution in [-0.4, -0.2) is 34.7 Å². The lowest BCUT2D eigenvalue weighted by Gasteiger charge is -2.25. The van der Waals surface area contributed by atoms with Gasteiger partial charge in [0.2, 0.25) is 0 Å². The molecular weight excluding hydrogens is 781 g/mol. The van der Waals surface area contributed by atoms with Crippen LogP contribution in [-0.2, 0) is 12.8 Å². The van der Waals surface area contributed by atoms with E-state index < -0.39 is 0 Å². The summed E-state index contributed by atoms with van der Waals surface area (Å²) in [7, 11) is 0. The predicted octanol–water partition coefficient (Wildman–Crippen LogP) is 19.1. The van der Waals surface area contributed by atoms with E-state index in [4.69, 9.17) is 9.98 Å². The number of nitrogens with zero attached hydrogens (tertiary/aromatic N) is 2. The maximum Gasteiger partial charge on any atom is 0.124 e. The molecule has 0 bridgehead atoms. The molecule has 0 heterocycles. The summed E-state index contributed by atoms with van der Waals surface area (Å²) in [5.41, 5.74) is 4.01. The average molecular weight is 883 g/mol. The molecule has 0 aromatic heterocycles. The molecular formula is C60H102N2O2. The first-order chi connectivity index (χ1) is 31.6. The summed E-state index contributed by atoms with van der Waals surface area (Å²) in [5, 5.41) is 21.7. The lowest BCUT2D eigenvalue weighted by Crippen LogP contribution is -2.27. The van der Waals surface area contributed by atoms with Gasteiger partial charge in [0.25, 0.3) is 0 Å². The van der Waals surface area contributed by atoms with Crippen molar-refractivity contribution in [1.29, 1.82) is 0 Å². The van der Waals surface area contributed by atoms with E-state index in [9.17, 15) is 10.2 Å². The van der Waals surface area contributed by atoms with E-state index in [1.165, 1.54) is 242 Å². The van der Waals surface area contributed by atoms with Crippen LogP contribution in [0.4, 0.5) is 0 Å². The minimum Gasteiger partial charge on any atom is -0.507 e. The fraction of sp³-hybridized carbons (Fsp3) is 0.767. The van der Waals surface area contributed by atoms with Gasteiger partial charge in [-0.15, -0.1) is 0 Å². The van der Waals surface area contributed by atoms with E-state index >= 15 is 0 Å². The normalized spacial score (nSPS) is 15.6. The number of rotatable bonds is 42. The van der Waals surface area contributed by atoms with Gasteiger partial charge in [-0.1, -0.05) is 257 Å². The Hall–Kier alpha value is -2.62. The van der Waals surface area contributed by atoms with Crippen LogP contribution in [0.25, 0.3) is 0 Å². The number of aryl methyl sites for hydroxylation is 2. The predicted molar refractivity (Wildman–Crippen MR) is 282 cm³/mol. The number of phenolic OH excluding ortho intramolecular Hbond substituents is 2. The van der Waals surface area contributed by atoms with Crippen molar-refractivity contribution in [3.05, 3.63) is 58.7 Å². The highest BCUT2D eigenvalue weighted by atomic mass is 16.3. The van der Waals surface area contributed by atoms with Gasteiger partial charge >= 0.3 is 0 Å². The van der Waals surface area contributed by atoms with Gasteiger partial charge in [-0.2, -0.15) is 0 Å². The molecule has 1 saturated carbocycles. The summed E-state index contributed by atoms with van der Waals surface area (Å²) >= 11 is 0. The van der Waals surface area contributed by atoms with E-state index in [2.05, 4.69) is 26.0 Å². The second-order valence-electron chi connectivity index (χ2n) is 20.3. The Bertz CT molecular complexity index is 1330. The highest BCUT2D eigenvalue weighted by Gasteiger charge is 2.23. The van der Waals surface area contributed by atoms with Gasteiger partial charge in [-0.05, 0) is 73.9 Å². The van der Waals surface area contributed by atoms with Crippen molar-refractivity contribution in [2.75, 3.05) is 0 Å². The molecule has 1 aliphatic carbocycles. The Balaban J connectivity index is 1.21. The molecule has 364 valence electrons. The third-order valence-corrected chi connectivity index (χ3v) is 14.3. The van der Waals surface area contributed by atoms with Crippen LogP contribution < -0.4 is 0 Å². The lowest BCUT2D eigenvalue weighted by atomic mass is 9.91. The van der Waals surface area contributed by atoms with Gasteiger partial charge in [-0.3, -0.25) is 9.98 Å². The first-order valence-corrected chi connectivity index (χ1v) is 28.3. The summed E-state index contributed by atoms with van der Waals surface area (Å²) in [5.74, 6) is 0.657. The zero-order chi connectivity index (χ0) is 45.4. The first-order valence-electron chi connectivity index (χ1n) is 28.3. The van der Waals surface area contributed by atoms with Crippen molar-refractivity contribution in [2.45, 2.75) is 296 Å². The van der Waals surface area contributed by atoms with Crippen LogP contribution in [0.15, 0.2) is 46.4 Å². The number of aromatic hydroxyl groups is 2. The second-order valence-corrected chi connectivity index (χ2v) is 20.3. The third kappa shape index (κ3) is 28.4. The maximum atomic E-state index is 10.9. The maximum absolute atomic E-state index is 10.9. The van der Waals surface area contributed by atoms with E-state index in [1.807, 2.05) is 36.7 Å². The van der Waals surface area contributed by atoms with Gasteiger partial charge in [0, 0.05) is 23.6 Å². The SMILES string of the molecule is CCCCCCCCCCCCCCCCCCCCc1ccc(C=N[C@H]2CCCC[C@@H]2N=Cc2ccc(CCCCCCCCCCCCCCCCCCCC)cc2O)c(O)c1. The molecule has 64 heavy (non-hydrogen) atoms.